The highest BCUT2D eigenvalue weighted by Crippen LogP contribution is 2.41. The zero-order valence-corrected chi connectivity index (χ0v) is 18.0. The molecule has 0 aliphatic carbocycles. The van der Waals surface area contributed by atoms with Gasteiger partial charge in [-0.25, -0.2) is 9.79 Å². The molecule has 0 saturated carbocycles. The van der Waals surface area contributed by atoms with Gasteiger partial charge in [0, 0.05) is 6.42 Å². The number of amides is 1. The van der Waals surface area contributed by atoms with Crippen molar-refractivity contribution in [3.8, 4) is 11.5 Å². The van der Waals surface area contributed by atoms with Crippen LogP contribution in [0.1, 0.15) is 32.3 Å². The number of thioether (sulfide) groups is 1. The summed E-state index contributed by atoms with van der Waals surface area (Å²) in [5.41, 5.74) is 0.465. The summed E-state index contributed by atoms with van der Waals surface area (Å²) in [6.07, 6.45) is 2.45. The number of nitrogens with zero attached hydrogens (tertiary/aromatic N) is 1. The number of methoxy groups -OCH3 is 1. The van der Waals surface area contributed by atoms with E-state index in [4.69, 9.17) is 9.47 Å². The van der Waals surface area contributed by atoms with E-state index in [0.29, 0.717) is 21.4 Å². The number of halogens is 1. The van der Waals surface area contributed by atoms with Crippen LogP contribution in [0, 0.1) is 0 Å². The van der Waals surface area contributed by atoms with Crippen molar-refractivity contribution >= 4 is 50.7 Å². The second-order valence-electron chi connectivity index (χ2n) is 5.67. The monoisotopic (exact) mass is 469 g/mol. The predicted octanol–water partition coefficient (Wildman–Crippen LogP) is 4.35. The van der Waals surface area contributed by atoms with Crippen molar-refractivity contribution in [2.75, 3.05) is 13.7 Å². The number of carbonyl (C=O) groups excluding carboxylic acids is 2. The number of benzene rings is 1. The van der Waals surface area contributed by atoms with Crippen LogP contribution < -0.4 is 4.74 Å². The number of ether oxygens (including phenoxy) is 2. The lowest BCUT2D eigenvalue weighted by Gasteiger charge is -2.07. The second kappa shape index (κ2) is 9.79. The van der Waals surface area contributed by atoms with E-state index in [0.717, 1.165) is 11.8 Å². The van der Waals surface area contributed by atoms with Crippen molar-refractivity contribution in [3.63, 3.8) is 0 Å². The number of hydrogen-bond acceptors (Lipinski definition) is 7. The van der Waals surface area contributed by atoms with Gasteiger partial charge in [0.25, 0.3) is 0 Å². The van der Waals surface area contributed by atoms with E-state index in [9.17, 15) is 19.8 Å². The van der Waals surface area contributed by atoms with Gasteiger partial charge >= 0.3 is 5.97 Å². The molecule has 2 rings (SSSR count). The Bertz CT molecular complexity index is 891. The molecule has 2 N–H and O–H groups in total. The van der Waals surface area contributed by atoms with Gasteiger partial charge in [0.1, 0.15) is 16.4 Å². The SMILES string of the molecule is CCCC(=O)N=C1S/C(=C\c2cc(Br)c(O)c(OC)c2)C(O)=C1C(=O)OCC. The number of carbonyl (C=O) groups is 2. The molecule has 0 spiro atoms. The van der Waals surface area contributed by atoms with Crippen LogP contribution in [-0.4, -0.2) is 40.8 Å². The third kappa shape index (κ3) is 4.96. The first-order chi connectivity index (χ1) is 13.3. The van der Waals surface area contributed by atoms with Crippen LogP contribution in [0.2, 0.25) is 0 Å². The first kappa shape index (κ1) is 22.0. The number of aliphatic imine (C=N–C) groups is 1. The molecule has 0 atom stereocenters. The second-order valence-corrected chi connectivity index (χ2v) is 7.55. The Morgan fingerprint density at radius 3 is 2.61 bits per heavy atom. The van der Waals surface area contributed by atoms with Crippen LogP contribution in [0.4, 0.5) is 0 Å². The molecule has 0 saturated heterocycles. The van der Waals surface area contributed by atoms with Gasteiger partial charge in [-0.2, -0.15) is 0 Å². The summed E-state index contributed by atoms with van der Waals surface area (Å²) >= 11 is 4.24. The molecule has 1 aromatic rings. The van der Waals surface area contributed by atoms with Crippen molar-refractivity contribution in [1.29, 1.82) is 0 Å². The predicted molar refractivity (Wildman–Crippen MR) is 112 cm³/mol. The van der Waals surface area contributed by atoms with Crippen LogP contribution in [0.25, 0.3) is 6.08 Å². The van der Waals surface area contributed by atoms with Gasteiger partial charge in [-0.3, -0.25) is 4.79 Å². The normalized spacial score (nSPS) is 16.7. The van der Waals surface area contributed by atoms with Crippen molar-refractivity contribution < 1.29 is 29.3 Å². The molecule has 0 bridgehead atoms. The zero-order valence-electron chi connectivity index (χ0n) is 15.6. The lowest BCUT2D eigenvalue weighted by Crippen LogP contribution is -2.14. The van der Waals surface area contributed by atoms with E-state index in [1.165, 1.54) is 7.11 Å². The van der Waals surface area contributed by atoms with Gasteiger partial charge in [-0.1, -0.05) is 18.7 Å². The highest BCUT2D eigenvalue weighted by atomic mass is 79.9. The molecular formula is C19H20BrNO6S. The summed E-state index contributed by atoms with van der Waals surface area (Å²) in [6, 6.07) is 3.20. The number of hydrogen-bond donors (Lipinski definition) is 2. The van der Waals surface area contributed by atoms with Crippen LogP contribution >= 0.6 is 27.7 Å². The molecule has 7 nitrogen and oxygen atoms in total. The maximum atomic E-state index is 12.3. The fourth-order valence-electron chi connectivity index (χ4n) is 2.36. The average molecular weight is 470 g/mol. The fourth-order valence-corrected chi connectivity index (χ4v) is 3.85. The number of aromatic hydroxyl groups is 1. The molecule has 1 amide bonds. The highest BCUT2D eigenvalue weighted by molar-refractivity contribution is 9.10. The quantitative estimate of drug-likeness (QED) is 0.596. The van der Waals surface area contributed by atoms with E-state index >= 15 is 0 Å². The van der Waals surface area contributed by atoms with E-state index in [1.54, 1.807) is 25.1 Å². The molecule has 1 aromatic carbocycles. The standard InChI is InChI=1S/C19H20BrNO6S/c1-4-6-14(22)21-18-15(19(25)27-5-2)17(24)13(28-18)9-10-7-11(20)16(23)12(8-10)26-3/h7-9,23-24H,4-6H2,1-3H3/b13-9-,21-18?. The van der Waals surface area contributed by atoms with Crippen LogP contribution in [0.3, 0.4) is 0 Å². The minimum Gasteiger partial charge on any atom is -0.506 e. The van der Waals surface area contributed by atoms with E-state index in [1.807, 2.05) is 6.92 Å². The molecule has 9 heteroatoms. The van der Waals surface area contributed by atoms with Gasteiger partial charge < -0.3 is 19.7 Å². The number of rotatable bonds is 6. The van der Waals surface area contributed by atoms with Crippen molar-refractivity contribution in [2.45, 2.75) is 26.7 Å². The van der Waals surface area contributed by atoms with Gasteiger partial charge in [0.05, 0.1) is 23.1 Å². The van der Waals surface area contributed by atoms with Gasteiger partial charge in [0.15, 0.2) is 11.5 Å². The average Bonchev–Trinajstić information content (AvgIpc) is 2.93. The third-order valence-corrected chi connectivity index (χ3v) is 5.25. The lowest BCUT2D eigenvalue weighted by atomic mass is 10.1. The minimum absolute atomic E-state index is 0.0527. The van der Waals surface area contributed by atoms with Crippen molar-refractivity contribution in [3.05, 3.63) is 38.4 Å². The molecule has 150 valence electrons. The Morgan fingerprint density at radius 2 is 2.00 bits per heavy atom. The number of phenols is 1. The van der Waals surface area contributed by atoms with Crippen LogP contribution in [0.5, 0.6) is 11.5 Å². The topological polar surface area (TPSA) is 105 Å². The summed E-state index contributed by atoms with van der Waals surface area (Å²) in [5.74, 6) is -1.25. The Hall–Kier alpha value is -2.26. The molecule has 1 aliphatic rings. The van der Waals surface area contributed by atoms with Crippen molar-refractivity contribution in [1.82, 2.24) is 0 Å². The third-order valence-electron chi connectivity index (χ3n) is 3.63. The van der Waals surface area contributed by atoms with E-state index in [2.05, 4.69) is 20.9 Å². The summed E-state index contributed by atoms with van der Waals surface area (Å²) in [6.45, 7) is 3.62. The number of phenolic OH excluding ortho intramolecular Hbond substituents is 1. The first-order valence-corrected chi connectivity index (χ1v) is 10.1. The summed E-state index contributed by atoms with van der Waals surface area (Å²) in [5, 5.41) is 20.6. The molecule has 0 aromatic heterocycles. The molecule has 28 heavy (non-hydrogen) atoms. The molecule has 1 aliphatic heterocycles. The van der Waals surface area contributed by atoms with Crippen LogP contribution in [-0.2, 0) is 14.3 Å². The summed E-state index contributed by atoms with van der Waals surface area (Å²) in [7, 11) is 1.42. The maximum Gasteiger partial charge on any atom is 0.344 e. The van der Waals surface area contributed by atoms with Gasteiger partial charge in [-0.15, -0.1) is 0 Å². The Kier molecular flexibility index (Phi) is 7.70. The molecule has 0 unspecified atom stereocenters. The van der Waals surface area contributed by atoms with Gasteiger partial charge in [-0.05, 0) is 53.0 Å². The largest absolute Gasteiger partial charge is 0.506 e. The fraction of sp³-hybridized carbons (Fsp3) is 0.316. The maximum absolute atomic E-state index is 12.3. The minimum atomic E-state index is -0.747. The number of esters is 1. The van der Waals surface area contributed by atoms with E-state index < -0.39 is 5.97 Å². The van der Waals surface area contributed by atoms with Gasteiger partial charge in [0.2, 0.25) is 5.91 Å². The first-order valence-electron chi connectivity index (χ1n) is 8.50. The van der Waals surface area contributed by atoms with Crippen LogP contribution in [0.15, 0.2) is 37.8 Å². The Labute approximate surface area is 175 Å². The molecule has 1 heterocycles. The number of aliphatic hydroxyl groups excluding tert-OH is 1. The highest BCUT2D eigenvalue weighted by Gasteiger charge is 2.33. The lowest BCUT2D eigenvalue weighted by molar-refractivity contribution is -0.138. The smallest absolute Gasteiger partial charge is 0.344 e. The summed E-state index contributed by atoms with van der Waals surface area (Å²) < 4.78 is 10.5. The number of aliphatic hydroxyl groups is 1. The van der Waals surface area contributed by atoms with E-state index in [-0.39, 0.29) is 46.8 Å². The Balaban J connectivity index is 2.51. The summed E-state index contributed by atoms with van der Waals surface area (Å²) in [4.78, 5) is 28.5. The molecular weight excluding hydrogens is 450 g/mol. The Morgan fingerprint density at radius 1 is 1.29 bits per heavy atom. The molecule has 0 fully saturated rings. The zero-order chi connectivity index (χ0) is 20.8. The van der Waals surface area contributed by atoms with Crippen molar-refractivity contribution in [2.24, 2.45) is 4.99 Å². The molecule has 0 radical (unpaired) electrons.